The molecule has 4 heterocycles. The molecule has 1 aromatic carbocycles. The molecule has 0 aliphatic carbocycles. The van der Waals surface area contributed by atoms with Crippen LogP contribution < -0.4 is 4.74 Å². The van der Waals surface area contributed by atoms with E-state index in [0.717, 1.165) is 35.5 Å². The Bertz CT molecular complexity index is 1220. The van der Waals surface area contributed by atoms with E-state index in [1.165, 1.54) is 11.0 Å². The number of fused-ring (bicyclic) bond motifs is 3. The molecule has 1 saturated heterocycles. The molecule has 2 aromatic heterocycles. The molecular weight excluding hydrogens is 418 g/mol. The number of imidazole rings is 1. The quantitative estimate of drug-likeness (QED) is 0.631. The van der Waals surface area contributed by atoms with Crippen LogP contribution in [0.3, 0.4) is 0 Å². The number of aromatic nitrogens is 3. The van der Waals surface area contributed by atoms with Crippen molar-refractivity contribution >= 4 is 17.3 Å². The van der Waals surface area contributed by atoms with Gasteiger partial charge in [0.05, 0.1) is 29.3 Å². The average molecular weight is 440 g/mol. The van der Waals surface area contributed by atoms with Gasteiger partial charge in [0.15, 0.2) is 5.65 Å². The Balaban J connectivity index is 1.51. The SMILES string of the molecule is Cc1nc2cnc(C3=CC4CCC(C3)N4C(=O)O)cn2c1Cc1ccccc1OC(F)F. The van der Waals surface area contributed by atoms with E-state index in [1.807, 2.05) is 23.6 Å². The number of ether oxygens (including phenoxy) is 1. The summed E-state index contributed by atoms with van der Waals surface area (Å²) in [6.07, 6.45) is 7.37. The Morgan fingerprint density at radius 2 is 2.12 bits per heavy atom. The summed E-state index contributed by atoms with van der Waals surface area (Å²) >= 11 is 0. The first-order chi connectivity index (χ1) is 15.4. The fraction of sp³-hybridized carbons (Fsp3) is 0.348. The average Bonchev–Trinajstić information content (AvgIpc) is 3.21. The van der Waals surface area contributed by atoms with E-state index >= 15 is 0 Å². The summed E-state index contributed by atoms with van der Waals surface area (Å²) in [5.41, 5.74) is 4.75. The highest BCUT2D eigenvalue weighted by molar-refractivity contribution is 5.72. The second-order valence-electron chi connectivity index (χ2n) is 8.19. The van der Waals surface area contributed by atoms with Gasteiger partial charge in [0.25, 0.3) is 0 Å². The Hall–Kier alpha value is -3.49. The molecule has 1 amide bonds. The van der Waals surface area contributed by atoms with Crippen LogP contribution in [0.4, 0.5) is 13.6 Å². The lowest BCUT2D eigenvalue weighted by Gasteiger charge is -2.31. The molecule has 3 aromatic rings. The van der Waals surface area contributed by atoms with E-state index in [4.69, 9.17) is 0 Å². The van der Waals surface area contributed by atoms with Crippen LogP contribution in [-0.4, -0.2) is 49.2 Å². The van der Waals surface area contributed by atoms with Gasteiger partial charge in [-0.15, -0.1) is 0 Å². The minimum absolute atomic E-state index is 0.0302. The first-order valence-electron chi connectivity index (χ1n) is 10.5. The van der Waals surface area contributed by atoms with E-state index in [2.05, 4.69) is 14.7 Å². The number of alkyl halides is 2. The smallest absolute Gasteiger partial charge is 0.408 e. The van der Waals surface area contributed by atoms with Crippen LogP contribution in [0, 0.1) is 6.92 Å². The van der Waals surface area contributed by atoms with Crippen molar-refractivity contribution < 1.29 is 23.4 Å². The van der Waals surface area contributed by atoms with E-state index < -0.39 is 12.7 Å². The molecule has 32 heavy (non-hydrogen) atoms. The highest BCUT2D eigenvalue weighted by Crippen LogP contribution is 2.38. The van der Waals surface area contributed by atoms with Crippen LogP contribution in [0.1, 0.15) is 41.9 Å². The van der Waals surface area contributed by atoms with Crippen molar-refractivity contribution in [1.82, 2.24) is 19.3 Å². The van der Waals surface area contributed by atoms with Crippen LogP contribution in [0.2, 0.25) is 0 Å². The fourth-order valence-electron chi connectivity index (χ4n) is 4.86. The Morgan fingerprint density at radius 3 is 2.88 bits per heavy atom. The second kappa shape index (κ2) is 7.89. The molecule has 2 aliphatic heterocycles. The van der Waals surface area contributed by atoms with Crippen LogP contribution in [0.15, 0.2) is 42.7 Å². The Labute approximate surface area is 183 Å². The van der Waals surface area contributed by atoms with Crippen molar-refractivity contribution in [3.05, 3.63) is 65.4 Å². The van der Waals surface area contributed by atoms with Crippen LogP contribution in [0.25, 0.3) is 11.2 Å². The Morgan fingerprint density at radius 1 is 1.31 bits per heavy atom. The lowest BCUT2D eigenvalue weighted by Crippen LogP contribution is -2.42. The molecule has 1 N–H and O–H groups in total. The number of aryl methyl sites for hydroxylation is 1. The third-order valence-electron chi connectivity index (χ3n) is 6.30. The van der Waals surface area contributed by atoms with E-state index in [0.29, 0.717) is 24.1 Å². The molecule has 0 spiro atoms. The third kappa shape index (κ3) is 3.57. The van der Waals surface area contributed by atoms with Gasteiger partial charge >= 0.3 is 12.7 Å². The van der Waals surface area contributed by atoms with Crippen molar-refractivity contribution in [2.75, 3.05) is 0 Å². The first kappa shape index (κ1) is 20.4. The number of benzene rings is 1. The number of carboxylic acid groups (broad SMARTS) is 1. The summed E-state index contributed by atoms with van der Waals surface area (Å²) in [5, 5.41) is 9.49. The number of amides is 1. The predicted octanol–water partition coefficient (Wildman–Crippen LogP) is 4.53. The van der Waals surface area contributed by atoms with Gasteiger partial charge in [-0.2, -0.15) is 8.78 Å². The number of nitrogens with zero attached hydrogens (tertiary/aromatic N) is 4. The molecule has 2 bridgehead atoms. The number of hydrogen-bond acceptors (Lipinski definition) is 4. The van der Waals surface area contributed by atoms with Crippen molar-refractivity contribution in [3.63, 3.8) is 0 Å². The third-order valence-corrected chi connectivity index (χ3v) is 6.30. The maximum Gasteiger partial charge on any atom is 0.408 e. The van der Waals surface area contributed by atoms with E-state index in [1.54, 1.807) is 24.4 Å². The number of para-hydroxylation sites is 1. The topological polar surface area (TPSA) is 80.0 Å². The molecule has 2 aliphatic rings. The molecule has 9 heteroatoms. The summed E-state index contributed by atoms with van der Waals surface area (Å²) in [5.74, 6) is 0.145. The van der Waals surface area contributed by atoms with Gasteiger partial charge in [0.2, 0.25) is 0 Å². The summed E-state index contributed by atoms with van der Waals surface area (Å²) in [7, 11) is 0. The Kier molecular flexibility index (Phi) is 5.03. The number of carbonyl (C=O) groups is 1. The van der Waals surface area contributed by atoms with Gasteiger partial charge in [0, 0.05) is 24.2 Å². The van der Waals surface area contributed by atoms with Crippen molar-refractivity contribution in [2.24, 2.45) is 0 Å². The van der Waals surface area contributed by atoms with Crippen molar-refractivity contribution in [3.8, 4) is 5.75 Å². The molecule has 166 valence electrons. The highest BCUT2D eigenvalue weighted by atomic mass is 19.3. The maximum absolute atomic E-state index is 12.8. The van der Waals surface area contributed by atoms with Gasteiger partial charge in [0.1, 0.15) is 5.75 Å². The molecule has 2 atom stereocenters. The number of halogens is 2. The van der Waals surface area contributed by atoms with Gasteiger partial charge in [-0.05, 0) is 37.8 Å². The normalized spacial score (nSPS) is 20.1. The summed E-state index contributed by atoms with van der Waals surface area (Å²) in [4.78, 5) is 22.2. The van der Waals surface area contributed by atoms with Crippen LogP contribution in [-0.2, 0) is 6.42 Å². The van der Waals surface area contributed by atoms with Gasteiger partial charge in [-0.25, -0.2) is 9.78 Å². The molecule has 5 rings (SSSR count). The maximum atomic E-state index is 12.8. The zero-order valence-corrected chi connectivity index (χ0v) is 17.4. The van der Waals surface area contributed by atoms with Gasteiger partial charge in [-0.3, -0.25) is 9.88 Å². The molecule has 1 fully saturated rings. The minimum atomic E-state index is -2.89. The molecule has 2 unspecified atom stereocenters. The monoisotopic (exact) mass is 440 g/mol. The fourth-order valence-corrected chi connectivity index (χ4v) is 4.86. The number of rotatable bonds is 5. The highest BCUT2D eigenvalue weighted by Gasteiger charge is 2.40. The molecule has 0 radical (unpaired) electrons. The van der Waals surface area contributed by atoms with Crippen molar-refractivity contribution in [2.45, 2.75) is 51.3 Å². The second-order valence-corrected chi connectivity index (χ2v) is 8.19. The van der Waals surface area contributed by atoms with Gasteiger partial charge < -0.3 is 14.2 Å². The predicted molar refractivity (Wildman–Crippen MR) is 113 cm³/mol. The largest absolute Gasteiger partial charge is 0.465 e. The van der Waals surface area contributed by atoms with E-state index in [-0.39, 0.29) is 17.8 Å². The zero-order chi connectivity index (χ0) is 22.4. The summed E-state index contributed by atoms with van der Waals surface area (Å²) in [6, 6.07) is 6.59. The van der Waals surface area contributed by atoms with Crippen LogP contribution >= 0.6 is 0 Å². The molecule has 7 nitrogen and oxygen atoms in total. The van der Waals surface area contributed by atoms with E-state index in [9.17, 15) is 18.7 Å². The van der Waals surface area contributed by atoms with Crippen molar-refractivity contribution in [1.29, 1.82) is 0 Å². The number of hydrogen-bond donors (Lipinski definition) is 1. The lowest BCUT2D eigenvalue weighted by molar-refractivity contribution is -0.0504. The minimum Gasteiger partial charge on any atom is -0.465 e. The first-order valence-corrected chi connectivity index (χ1v) is 10.5. The standard InChI is InChI=1S/C23H22F2N4O3/c1-13-19(10-14-4-2-3-5-20(14)32-22(24)25)28-12-18(26-11-21(28)27-13)15-8-16-6-7-17(9-15)29(16)23(30)31/h2-5,8,11-12,16-17,22H,6-7,9-10H2,1H3,(H,30,31). The summed E-state index contributed by atoms with van der Waals surface area (Å²) in [6.45, 7) is -1.02. The summed E-state index contributed by atoms with van der Waals surface area (Å²) < 4.78 is 32.3. The molecular formula is C23H22F2N4O3. The van der Waals surface area contributed by atoms with Crippen LogP contribution in [0.5, 0.6) is 5.75 Å². The molecule has 0 saturated carbocycles. The lowest BCUT2D eigenvalue weighted by atomic mass is 9.99. The van der Waals surface area contributed by atoms with Gasteiger partial charge in [-0.1, -0.05) is 24.3 Å². The zero-order valence-electron chi connectivity index (χ0n) is 17.4.